The molecule has 0 radical (unpaired) electrons. The molecule has 190 valence electrons. The van der Waals surface area contributed by atoms with Crippen LogP contribution in [-0.2, 0) is 11.4 Å². The molecule has 0 spiro atoms. The number of carbonyl (C=O) groups is 1. The Labute approximate surface area is 227 Å². The van der Waals surface area contributed by atoms with Gasteiger partial charge in [0.25, 0.3) is 11.6 Å². The van der Waals surface area contributed by atoms with Crippen LogP contribution in [0.5, 0.6) is 11.5 Å². The third-order valence-electron chi connectivity index (χ3n) is 5.52. The predicted molar refractivity (Wildman–Crippen MR) is 149 cm³/mol. The highest BCUT2D eigenvalue weighted by Crippen LogP contribution is 2.38. The van der Waals surface area contributed by atoms with Crippen molar-refractivity contribution in [2.75, 3.05) is 11.9 Å². The number of nitrogens with zero attached hydrogens (tertiary/aromatic N) is 2. The summed E-state index contributed by atoms with van der Waals surface area (Å²) in [6.07, 6.45) is 1.41. The predicted octanol–water partition coefficient (Wildman–Crippen LogP) is 7.03. The van der Waals surface area contributed by atoms with Gasteiger partial charge in [0.2, 0.25) is 0 Å². The Morgan fingerprint density at radius 1 is 1.05 bits per heavy atom. The van der Waals surface area contributed by atoms with E-state index in [1.807, 2.05) is 43.3 Å². The maximum atomic E-state index is 12.7. The second-order valence-electron chi connectivity index (χ2n) is 8.16. The Kier molecular flexibility index (Phi) is 8.36. The maximum absolute atomic E-state index is 12.7. The minimum atomic E-state index is -0.696. The first-order valence-electron chi connectivity index (χ1n) is 11.6. The van der Waals surface area contributed by atoms with Crippen LogP contribution in [0.1, 0.15) is 18.1 Å². The SMILES string of the molecule is CCOc1cc(/C=C(\C#N)C(=O)Nc2cccc([N+](=O)[O-])c2)cc(Br)c1OCc1ccc2ccccc2c1. The van der Waals surface area contributed by atoms with Gasteiger partial charge in [0, 0.05) is 17.8 Å². The second-order valence-corrected chi connectivity index (χ2v) is 9.02. The molecule has 0 bridgehead atoms. The van der Waals surface area contributed by atoms with Crippen molar-refractivity contribution in [1.29, 1.82) is 5.26 Å². The van der Waals surface area contributed by atoms with E-state index in [0.717, 1.165) is 16.3 Å². The molecular formula is C29H22BrN3O5. The number of halogens is 1. The van der Waals surface area contributed by atoms with Gasteiger partial charge in [-0.2, -0.15) is 5.26 Å². The second kappa shape index (κ2) is 12.0. The van der Waals surface area contributed by atoms with Crippen LogP contribution in [0, 0.1) is 21.4 Å². The van der Waals surface area contributed by atoms with E-state index in [1.54, 1.807) is 12.1 Å². The average molecular weight is 572 g/mol. The lowest BCUT2D eigenvalue weighted by Gasteiger charge is -2.15. The molecule has 0 aliphatic heterocycles. The lowest BCUT2D eigenvalue weighted by atomic mass is 10.1. The van der Waals surface area contributed by atoms with Crippen molar-refractivity contribution in [2.45, 2.75) is 13.5 Å². The van der Waals surface area contributed by atoms with Crippen LogP contribution in [0.2, 0.25) is 0 Å². The highest BCUT2D eigenvalue weighted by molar-refractivity contribution is 9.10. The third-order valence-corrected chi connectivity index (χ3v) is 6.11. The van der Waals surface area contributed by atoms with Crippen LogP contribution in [0.15, 0.2) is 88.9 Å². The Morgan fingerprint density at radius 2 is 1.84 bits per heavy atom. The summed E-state index contributed by atoms with van der Waals surface area (Å²) in [6.45, 7) is 2.54. The van der Waals surface area contributed by atoms with Gasteiger partial charge in [-0.15, -0.1) is 0 Å². The first-order valence-corrected chi connectivity index (χ1v) is 12.4. The molecule has 0 aliphatic carbocycles. The number of nitro benzene ring substituents is 1. The number of nitro groups is 1. The van der Waals surface area contributed by atoms with E-state index in [1.165, 1.54) is 30.3 Å². The molecule has 0 aliphatic rings. The van der Waals surface area contributed by atoms with E-state index >= 15 is 0 Å². The normalized spacial score (nSPS) is 11.0. The Balaban J connectivity index is 1.56. The lowest BCUT2D eigenvalue weighted by molar-refractivity contribution is -0.384. The zero-order valence-electron chi connectivity index (χ0n) is 20.3. The Morgan fingerprint density at radius 3 is 2.58 bits per heavy atom. The number of hydrogen-bond acceptors (Lipinski definition) is 6. The molecule has 38 heavy (non-hydrogen) atoms. The van der Waals surface area contributed by atoms with Crippen molar-refractivity contribution in [3.63, 3.8) is 0 Å². The van der Waals surface area contributed by atoms with Gasteiger partial charge in [-0.1, -0.05) is 42.5 Å². The summed E-state index contributed by atoms with van der Waals surface area (Å²) in [4.78, 5) is 23.1. The van der Waals surface area contributed by atoms with Crippen molar-refractivity contribution >= 4 is 50.1 Å². The number of carbonyl (C=O) groups excluding carboxylic acids is 1. The van der Waals surface area contributed by atoms with Gasteiger partial charge >= 0.3 is 0 Å². The topological polar surface area (TPSA) is 114 Å². The summed E-state index contributed by atoms with van der Waals surface area (Å²) in [5.41, 5.74) is 1.38. The molecule has 0 aromatic heterocycles. The number of fused-ring (bicyclic) bond motifs is 1. The van der Waals surface area contributed by atoms with Crippen molar-refractivity contribution in [1.82, 2.24) is 0 Å². The minimum absolute atomic E-state index is 0.171. The number of hydrogen-bond donors (Lipinski definition) is 1. The van der Waals surface area contributed by atoms with E-state index in [2.05, 4.69) is 33.4 Å². The molecule has 4 rings (SSSR count). The molecular weight excluding hydrogens is 550 g/mol. The van der Waals surface area contributed by atoms with Gasteiger partial charge in [0.15, 0.2) is 11.5 Å². The number of nitriles is 1. The average Bonchev–Trinajstić information content (AvgIpc) is 2.91. The summed E-state index contributed by atoms with van der Waals surface area (Å²) in [5, 5.41) is 25.4. The minimum Gasteiger partial charge on any atom is -0.490 e. The van der Waals surface area contributed by atoms with Crippen LogP contribution in [0.25, 0.3) is 16.8 Å². The van der Waals surface area contributed by atoms with Crippen molar-refractivity contribution in [2.24, 2.45) is 0 Å². The fourth-order valence-electron chi connectivity index (χ4n) is 3.77. The molecule has 1 amide bonds. The first kappa shape index (κ1) is 26.4. The number of rotatable bonds is 9. The molecule has 0 unspecified atom stereocenters. The van der Waals surface area contributed by atoms with Gasteiger partial charge in [-0.3, -0.25) is 14.9 Å². The third kappa shape index (κ3) is 6.35. The van der Waals surface area contributed by atoms with Gasteiger partial charge in [-0.25, -0.2) is 0 Å². The number of ether oxygens (including phenoxy) is 2. The molecule has 0 fully saturated rings. The number of amides is 1. The summed E-state index contributed by atoms with van der Waals surface area (Å²) in [6, 6.07) is 25.0. The van der Waals surface area contributed by atoms with Gasteiger partial charge < -0.3 is 14.8 Å². The van der Waals surface area contributed by atoms with E-state index in [9.17, 15) is 20.2 Å². The summed E-state index contributed by atoms with van der Waals surface area (Å²) >= 11 is 3.52. The molecule has 0 atom stereocenters. The smallest absolute Gasteiger partial charge is 0.271 e. The van der Waals surface area contributed by atoms with E-state index in [-0.39, 0.29) is 16.9 Å². The number of non-ortho nitro benzene ring substituents is 1. The maximum Gasteiger partial charge on any atom is 0.271 e. The first-order chi connectivity index (χ1) is 18.4. The summed E-state index contributed by atoms with van der Waals surface area (Å²) in [5.74, 6) is 0.251. The van der Waals surface area contributed by atoms with E-state index in [0.29, 0.717) is 34.7 Å². The van der Waals surface area contributed by atoms with Crippen LogP contribution in [0.4, 0.5) is 11.4 Å². The molecule has 8 nitrogen and oxygen atoms in total. The lowest BCUT2D eigenvalue weighted by Crippen LogP contribution is -2.13. The molecule has 0 saturated carbocycles. The number of benzene rings is 4. The molecule has 4 aromatic rings. The zero-order chi connectivity index (χ0) is 27.1. The van der Waals surface area contributed by atoms with Crippen LogP contribution in [0.3, 0.4) is 0 Å². The molecule has 0 saturated heterocycles. The molecule has 9 heteroatoms. The highest BCUT2D eigenvalue weighted by atomic mass is 79.9. The number of anilines is 1. The summed E-state index contributed by atoms with van der Waals surface area (Å²) < 4.78 is 12.5. The zero-order valence-corrected chi connectivity index (χ0v) is 21.9. The Hall–Kier alpha value is -4.68. The fraction of sp³-hybridized carbons (Fsp3) is 0.103. The van der Waals surface area contributed by atoms with Crippen molar-refractivity contribution in [3.05, 3.63) is 110 Å². The van der Waals surface area contributed by atoms with Crippen LogP contribution >= 0.6 is 15.9 Å². The van der Waals surface area contributed by atoms with E-state index in [4.69, 9.17) is 9.47 Å². The van der Waals surface area contributed by atoms with E-state index < -0.39 is 10.8 Å². The van der Waals surface area contributed by atoms with Crippen LogP contribution in [-0.4, -0.2) is 17.4 Å². The number of nitrogens with one attached hydrogen (secondary N) is 1. The largest absolute Gasteiger partial charge is 0.490 e. The quantitative estimate of drug-likeness (QED) is 0.0997. The van der Waals surface area contributed by atoms with Gasteiger partial charge in [-0.05, 0) is 75.1 Å². The standard InChI is InChI=1S/C29H22BrN3O5/c1-2-37-27-15-20(13-23(17-31)29(34)32-24-8-5-9-25(16-24)33(35)36)14-26(30)28(27)38-18-19-10-11-21-6-3-4-7-22(21)12-19/h3-16H,2,18H2,1H3,(H,32,34)/b23-13+. The molecule has 0 heterocycles. The van der Waals surface area contributed by atoms with Gasteiger partial charge in [0.05, 0.1) is 16.0 Å². The van der Waals surface area contributed by atoms with Crippen LogP contribution < -0.4 is 14.8 Å². The van der Waals surface area contributed by atoms with Gasteiger partial charge in [0.1, 0.15) is 18.2 Å². The highest BCUT2D eigenvalue weighted by Gasteiger charge is 2.16. The summed E-state index contributed by atoms with van der Waals surface area (Å²) in [7, 11) is 0. The fourth-order valence-corrected chi connectivity index (χ4v) is 4.34. The molecule has 4 aromatic carbocycles. The monoisotopic (exact) mass is 571 g/mol. The van der Waals surface area contributed by atoms with Crippen molar-refractivity contribution < 1.29 is 19.2 Å². The Bertz CT molecular complexity index is 1590. The molecule has 1 N–H and O–H groups in total. The van der Waals surface area contributed by atoms with Crippen molar-refractivity contribution in [3.8, 4) is 17.6 Å².